The van der Waals surface area contributed by atoms with Gasteiger partial charge < -0.3 is 15.0 Å². The molecule has 1 aliphatic rings. The van der Waals surface area contributed by atoms with Crippen molar-refractivity contribution >= 4 is 34.0 Å². The lowest BCUT2D eigenvalue weighted by Gasteiger charge is -2.33. The van der Waals surface area contributed by atoms with Gasteiger partial charge in [0.1, 0.15) is 16.8 Å². The number of aromatic nitrogens is 3. The highest BCUT2D eigenvalue weighted by molar-refractivity contribution is 7.99. The summed E-state index contributed by atoms with van der Waals surface area (Å²) in [7, 11) is 0. The van der Waals surface area contributed by atoms with Crippen LogP contribution < -0.4 is 5.32 Å². The van der Waals surface area contributed by atoms with Gasteiger partial charge in [0.05, 0.1) is 16.9 Å². The SMILES string of the molecule is CCn1c(SCC(=O)Nc2sc3c(c2C#N)CC[C@H](C(C)(C)C)C3)nnc1-c1ccccc1O. The fourth-order valence-corrected chi connectivity index (χ4v) is 6.46. The molecular formula is C25H29N5O2S2. The van der Waals surface area contributed by atoms with Crippen molar-refractivity contribution in [2.75, 3.05) is 11.1 Å². The van der Waals surface area contributed by atoms with Gasteiger partial charge in [-0.15, -0.1) is 21.5 Å². The van der Waals surface area contributed by atoms with Crippen molar-refractivity contribution < 1.29 is 9.90 Å². The number of aromatic hydroxyl groups is 1. The first-order chi connectivity index (χ1) is 16.2. The van der Waals surface area contributed by atoms with Crippen LogP contribution in [0.25, 0.3) is 11.4 Å². The van der Waals surface area contributed by atoms with Crippen LogP contribution in [0.15, 0.2) is 29.4 Å². The summed E-state index contributed by atoms with van der Waals surface area (Å²) in [6.07, 6.45) is 2.91. The highest BCUT2D eigenvalue weighted by Crippen LogP contribution is 2.44. The second-order valence-corrected chi connectivity index (χ2v) is 11.6. The summed E-state index contributed by atoms with van der Waals surface area (Å²) in [5, 5.41) is 32.6. The van der Waals surface area contributed by atoms with E-state index in [9.17, 15) is 15.2 Å². The minimum atomic E-state index is -0.178. The molecule has 1 aliphatic carbocycles. The molecule has 0 bridgehead atoms. The quantitative estimate of drug-likeness (QED) is 0.439. The second-order valence-electron chi connectivity index (χ2n) is 9.53. The van der Waals surface area contributed by atoms with Gasteiger partial charge in [-0.25, -0.2) is 0 Å². The molecule has 1 atom stereocenters. The number of nitrogens with zero attached hydrogens (tertiary/aromatic N) is 4. The molecule has 9 heteroatoms. The van der Waals surface area contributed by atoms with Crippen LogP contribution in [0.1, 0.15) is 50.1 Å². The summed E-state index contributed by atoms with van der Waals surface area (Å²) in [4.78, 5) is 14.0. The number of thioether (sulfide) groups is 1. The van der Waals surface area contributed by atoms with E-state index in [-0.39, 0.29) is 22.8 Å². The third-order valence-corrected chi connectivity index (χ3v) is 8.50. The molecule has 7 nitrogen and oxygen atoms in total. The Morgan fingerprint density at radius 2 is 2.12 bits per heavy atom. The van der Waals surface area contributed by atoms with Crippen molar-refractivity contribution in [3.63, 3.8) is 0 Å². The Hall–Kier alpha value is -2.83. The number of carbonyl (C=O) groups is 1. The number of hydrogen-bond donors (Lipinski definition) is 2. The molecule has 1 amide bonds. The van der Waals surface area contributed by atoms with Gasteiger partial charge in [-0.3, -0.25) is 4.79 Å². The summed E-state index contributed by atoms with van der Waals surface area (Å²) >= 11 is 2.83. The summed E-state index contributed by atoms with van der Waals surface area (Å²) < 4.78 is 1.88. The van der Waals surface area contributed by atoms with Crippen LogP contribution in [0, 0.1) is 22.7 Å². The van der Waals surface area contributed by atoms with E-state index < -0.39 is 0 Å². The summed E-state index contributed by atoms with van der Waals surface area (Å²) in [6, 6.07) is 9.31. The van der Waals surface area contributed by atoms with E-state index in [4.69, 9.17) is 0 Å². The van der Waals surface area contributed by atoms with Crippen LogP contribution in [0.4, 0.5) is 5.00 Å². The predicted molar refractivity (Wildman–Crippen MR) is 136 cm³/mol. The molecule has 3 aromatic rings. The van der Waals surface area contributed by atoms with Crippen LogP contribution in [0.5, 0.6) is 5.75 Å². The maximum absolute atomic E-state index is 12.8. The molecule has 2 N–H and O–H groups in total. The molecule has 0 aliphatic heterocycles. The molecule has 0 unspecified atom stereocenters. The van der Waals surface area contributed by atoms with E-state index in [2.05, 4.69) is 42.4 Å². The van der Waals surface area contributed by atoms with Crippen LogP contribution in [-0.2, 0) is 24.2 Å². The number of rotatable bonds is 6. The molecule has 2 aromatic heterocycles. The lowest BCUT2D eigenvalue weighted by molar-refractivity contribution is -0.113. The summed E-state index contributed by atoms with van der Waals surface area (Å²) in [5.74, 6) is 1.25. The van der Waals surface area contributed by atoms with E-state index in [1.807, 2.05) is 17.6 Å². The first kappa shape index (κ1) is 24.3. The molecule has 178 valence electrons. The molecule has 0 fully saturated rings. The van der Waals surface area contributed by atoms with Crippen molar-refractivity contribution in [2.45, 2.75) is 58.7 Å². The molecular weight excluding hydrogens is 466 g/mol. The molecule has 2 heterocycles. The first-order valence-corrected chi connectivity index (χ1v) is 13.2. The number of fused-ring (bicyclic) bond motifs is 1. The average molecular weight is 496 g/mol. The van der Waals surface area contributed by atoms with Crippen molar-refractivity contribution in [3.8, 4) is 23.2 Å². The van der Waals surface area contributed by atoms with Gasteiger partial charge >= 0.3 is 0 Å². The number of para-hydroxylation sites is 1. The Morgan fingerprint density at radius 3 is 2.79 bits per heavy atom. The molecule has 0 spiro atoms. The molecule has 1 aromatic carbocycles. The molecule has 0 radical (unpaired) electrons. The smallest absolute Gasteiger partial charge is 0.235 e. The van der Waals surface area contributed by atoms with E-state index in [0.29, 0.717) is 39.6 Å². The van der Waals surface area contributed by atoms with E-state index in [0.717, 1.165) is 24.8 Å². The highest BCUT2D eigenvalue weighted by atomic mass is 32.2. The van der Waals surface area contributed by atoms with Gasteiger partial charge in [-0.1, -0.05) is 44.7 Å². The standard InChI is InChI=1S/C25H29N5O2S2/c1-5-30-22(17-8-6-7-9-19(17)31)28-29-24(30)33-14-21(32)27-23-18(13-26)16-11-10-15(25(2,3)4)12-20(16)34-23/h6-9,15,31H,5,10-12,14H2,1-4H3,(H,27,32)/t15-/m0/s1. The third-order valence-electron chi connectivity index (χ3n) is 6.37. The largest absolute Gasteiger partial charge is 0.507 e. The Kier molecular flexibility index (Phi) is 7.01. The van der Waals surface area contributed by atoms with Gasteiger partial charge in [0.15, 0.2) is 11.0 Å². The van der Waals surface area contributed by atoms with Gasteiger partial charge in [0, 0.05) is 11.4 Å². The number of nitrogens with one attached hydrogen (secondary N) is 1. The number of anilines is 1. The minimum absolute atomic E-state index is 0.137. The summed E-state index contributed by atoms with van der Waals surface area (Å²) in [5.41, 5.74) is 2.54. The summed E-state index contributed by atoms with van der Waals surface area (Å²) in [6.45, 7) is 9.37. The molecule has 0 saturated carbocycles. The van der Waals surface area contributed by atoms with E-state index >= 15 is 0 Å². The van der Waals surface area contributed by atoms with Crippen LogP contribution in [0.2, 0.25) is 0 Å². The Bertz CT molecular complexity index is 1250. The number of hydrogen-bond acceptors (Lipinski definition) is 7. The van der Waals surface area contributed by atoms with Crippen molar-refractivity contribution in [3.05, 3.63) is 40.3 Å². The first-order valence-electron chi connectivity index (χ1n) is 11.4. The zero-order valence-electron chi connectivity index (χ0n) is 19.9. The fraction of sp³-hybridized carbons (Fsp3) is 0.440. The fourth-order valence-electron chi connectivity index (χ4n) is 4.37. The van der Waals surface area contributed by atoms with Gasteiger partial charge in [0.25, 0.3) is 0 Å². The molecule has 0 saturated heterocycles. The highest BCUT2D eigenvalue weighted by Gasteiger charge is 2.32. The van der Waals surface area contributed by atoms with Crippen LogP contribution in [0.3, 0.4) is 0 Å². The normalized spacial score (nSPS) is 15.6. The lowest BCUT2D eigenvalue weighted by Crippen LogP contribution is -2.26. The third kappa shape index (κ3) is 4.84. The number of benzene rings is 1. The van der Waals surface area contributed by atoms with Crippen molar-refractivity contribution in [1.29, 1.82) is 5.26 Å². The Balaban J connectivity index is 1.46. The number of carbonyl (C=O) groups excluding carboxylic acids is 1. The topological polar surface area (TPSA) is 104 Å². The maximum Gasteiger partial charge on any atom is 0.235 e. The van der Waals surface area contributed by atoms with Crippen LogP contribution in [-0.4, -0.2) is 31.5 Å². The molecule has 34 heavy (non-hydrogen) atoms. The number of amides is 1. The minimum Gasteiger partial charge on any atom is -0.507 e. The number of thiophene rings is 1. The van der Waals surface area contributed by atoms with E-state index in [1.54, 1.807) is 29.5 Å². The second kappa shape index (κ2) is 9.80. The van der Waals surface area contributed by atoms with Crippen LogP contribution >= 0.6 is 23.1 Å². The lowest BCUT2D eigenvalue weighted by atomic mass is 9.72. The van der Waals surface area contributed by atoms with Crippen molar-refractivity contribution in [2.24, 2.45) is 11.3 Å². The van der Waals surface area contributed by atoms with Gasteiger partial charge in [0.2, 0.25) is 5.91 Å². The maximum atomic E-state index is 12.8. The number of phenols is 1. The zero-order valence-corrected chi connectivity index (χ0v) is 21.5. The monoisotopic (exact) mass is 495 g/mol. The van der Waals surface area contributed by atoms with E-state index in [1.165, 1.54) is 16.6 Å². The van der Waals surface area contributed by atoms with Crippen molar-refractivity contribution in [1.82, 2.24) is 14.8 Å². The number of nitriles is 1. The predicted octanol–water partition coefficient (Wildman–Crippen LogP) is 5.49. The molecule has 4 rings (SSSR count). The number of phenolic OH excluding ortho intramolecular Hbond substituents is 1. The Morgan fingerprint density at radius 1 is 1.35 bits per heavy atom. The Labute approximate surface area is 208 Å². The average Bonchev–Trinajstić information content (AvgIpc) is 3.36. The van der Waals surface area contributed by atoms with Gasteiger partial charge in [-0.05, 0) is 55.2 Å². The van der Waals surface area contributed by atoms with Gasteiger partial charge in [-0.2, -0.15) is 5.26 Å². The zero-order chi connectivity index (χ0) is 24.5.